The molecule has 1 heterocycles. The van der Waals surface area contributed by atoms with Crippen LogP contribution in [0.15, 0.2) is 42.5 Å². The molecule has 0 N–H and O–H groups in total. The molecule has 1 aliphatic rings. The summed E-state index contributed by atoms with van der Waals surface area (Å²) in [5, 5.41) is 2.15. The van der Waals surface area contributed by atoms with Gasteiger partial charge in [0.2, 0.25) is 11.8 Å². The van der Waals surface area contributed by atoms with E-state index in [9.17, 15) is 9.59 Å². The Morgan fingerprint density at radius 3 is 2.62 bits per heavy atom. The fourth-order valence-corrected chi connectivity index (χ4v) is 2.91. The van der Waals surface area contributed by atoms with Gasteiger partial charge in [-0.2, -0.15) is 0 Å². The average molecular weight is 282 g/mol. The number of fused-ring (bicyclic) bond motifs is 1. The lowest BCUT2D eigenvalue weighted by molar-refractivity contribution is -0.133. The van der Waals surface area contributed by atoms with Crippen molar-refractivity contribution in [2.24, 2.45) is 5.92 Å². The molecule has 1 atom stereocenters. The maximum atomic E-state index is 12.3. The number of carbonyl (C=O) groups is 2. The predicted molar refractivity (Wildman–Crippen MR) is 83.1 cm³/mol. The quantitative estimate of drug-likeness (QED) is 0.848. The first-order chi connectivity index (χ1) is 10.1. The molecular formula is C17H18N2O2. The van der Waals surface area contributed by atoms with Gasteiger partial charge in [-0.15, -0.1) is 0 Å². The summed E-state index contributed by atoms with van der Waals surface area (Å²) in [6, 6.07) is 13.9. The first kappa shape index (κ1) is 13.6. The van der Waals surface area contributed by atoms with Crippen LogP contribution in [0, 0.1) is 5.92 Å². The molecule has 1 fully saturated rings. The normalized spacial score (nSPS) is 18.3. The average Bonchev–Trinajstić information content (AvgIpc) is 2.87. The molecule has 2 amide bonds. The molecule has 2 aromatic rings. The smallest absolute Gasteiger partial charge is 0.227 e. The lowest BCUT2D eigenvalue weighted by Crippen LogP contribution is -2.32. The zero-order valence-corrected chi connectivity index (χ0v) is 12.2. The molecule has 0 aliphatic carbocycles. The van der Waals surface area contributed by atoms with E-state index in [1.54, 1.807) is 23.9 Å². The molecule has 21 heavy (non-hydrogen) atoms. The lowest BCUT2D eigenvalue weighted by atomic mass is 10.1. The van der Waals surface area contributed by atoms with Gasteiger partial charge in [0.05, 0.1) is 11.6 Å². The van der Waals surface area contributed by atoms with Crippen LogP contribution in [0.4, 0.5) is 5.69 Å². The van der Waals surface area contributed by atoms with E-state index in [2.05, 4.69) is 0 Å². The van der Waals surface area contributed by atoms with Crippen LogP contribution < -0.4 is 4.90 Å². The Hall–Kier alpha value is -2.36. The van der Waals surface area contributed by atoms with E-state index in [-0.39, 0.29) is 17.7 Å². The van der Waals surface area contributed by atoms with Crippen LogP contribution in [0.1, 0.15) is 6.42 Å². The monoisotopic (exact) mass is 282 g/mol. The number of benzene rings is 2. The number of anilines is 1. The molecule has 0 bridgehead atoms. The highest BCUT2D eigenvalue weighted by atomic mass is 16.2. The second-order valence-electron chi connectivity index (χ2n) is 5.64. The van der Waals surface area contributed by atoms with Crippen molar-refractivity contribution in [2.75, 3.05) is 25.5 Å². The second-order valence-corrected chi connectivity index (χ2v) is 5.64. The Kier molecular flexibility index (Phi) is 3.37. The van der Waals surface area contributed by atoms with Gasteiger partial charge in [-0.05, 0) is 11.5 Å². The molecule has 0 saturated carbocycles. The van der Waals surface area contributed by atoms with E-state index in [0.29, 0.717) is 13.0 Å². The highest BCUT2D eigenvalue weighted by Gasteiger charge is 2.36. The lowest BCUT2D eigenvalue weighted by Gasteiger charge is -2.20. The van der Waals surface area contributed by atoms with Gasteiger partial charge < -0.3 is 9.80 Å². The summed E-state index contributed by atoms with van der Waals surface area (Å²) >= 11 is 0. The minimum atomic E-state index is -0.244. The van der Waals surface area contributed by atoms with Crippen molar-refractivity contribution in [3.8, 4) is 0 Å². The highest BCUT2D eigenvalue weighted by Crippen LogP contribution is 2.31. The minimum Gasteiger partial charge on any atom is -0.349 e. The fraction of sp³-hybridized carbons (Fsp3) is 0.294. The van der Waals surface area contributed by atoms with E-state index in [4.69, 9.17) is 0 Å². The molecule has 1 saturated heterocycles. The van der Waals surface area contributed by atoms with Crippen molar-refractivity contribution >= 4 is 28.3 Å². The van der Waals surface area contributed by atoms with Crippen LogP contribution in [0.25, 0.3) is 10.8 Å². The Labute approximate surface area is 124 Å². The summed E-state index contributed by atoms with van der Waals surface area (Å²) in [4.78, 5) is 27.7. The van der Waals surface area contributed by atoms with Gasteiger partial charge in [-0.1, -0.05) is 36.4 Å². The third-order valence-electron chi connectivity index (χ3n) is 3.97. The van der Waals surface area contributed by atoms with Crippen LogP contribution in [0.2, 0.25) is 0 Å². The summed E-state index contributed by atoms with van der Waals surface area (Å²) < 4.78 is 0. The molecule has 2 aromatic carbocycles. The summed E-state index contributed by atoms with van der Waals surface area (Å²) in [5.41, 5.74) is 0.896. The topological polar surface area (TPSA) is 40.6 Å². The van der Waals surface area contributed by atoms with Crippen molar-refractivity contribution in [2.45, 2.75) is 6.42 Å². The Morgan fingerprint density at radius 1 is 1.14 bits per heavy atom. The van der Waals surface area contributed by atoms with Gasteiger partial charge in [-0.3, -0.25) is 9.59 Å². The van der Waals surface area contributed by atoms with Crippen LogP contribution in [-0.2, 0) is 9.59 Å². The Morgan fingerprint density at radius 2 is 1.86 bits per heavy atom. The van der Waals surface area contributed by atoms with E-state index in [0.717, 1.165) is 16.5 Å². The van der Waals surface area contributed by atoms with Crippen molar-refractivity contribution in [1.82, 2.24) is 4.90 Å². The van der Waals surface area contributed by atoms with Crippen molar-refractivity contribution in [3.63, 3.8) is 0 Å². The molecule has 4 nitrogen and oxygen atoms in total. The number of amides is 2. The van der Waals surface area contributed by atoms with Crippen molar-refractivity contribution in [3.05, 3.63) is 42.5 Å². The molecule has 4 heteroatoms. The van der Waals surface area contributed by atoms with E-state index < -0.39 is 0 Å². The molecule has 1 aliphatic heterocycles. The second kappa shape index (κ2) is 5.20. The Bertz CT molecular complexity index is 704. The molecular weight excluding hydrogens is 264 g/mol. The summed E-state index contributed by atoms with van der Waals surface area (Å²) in [6.45, 7) is 0.462. The van der Waals surface area contributed by atoms with E-state index >= 15 is 0 Å². The molecule has 0 aromatic heterocycles. The van der Waals surface area contributed by atoms with E-state index in [1.807, 2.05) is 42.5 Å². The van der Waals surface area contributed by atoms with Gasteiger partial charge in [-0.25, -0.2) is 0 Å². The van der Waals surface area contributed by atoms with Crippen LogP contribution in [0.3, 0.4) is 0 Å². The fourth-order valence-electron chi connectivity index (χ4n) is 2.91. The van der Waals surface area contributed by atoms with Crippen LogP contribution in [-0.4, -0.2) is 37.4 Å². The number of rotatable bonds is 2. The zero-order valence-electron chi connectivity index (χ0n) is 12.2. The van der Waals surface area contributed by atoms with Gasteiger partial charge >= 0.3 is 0 Å². The predicted octanol–water partition coefficient (Wildman–Crippen LogP) is 2.28. The number of hydrogen-bond acceptors (Lipinski definition) is 2. The summed E-state index contributed by atoms with van der Waals surface area (Å²) in [5.74, 6) is -0.205. The Balaban J connectivity index is 1.96. The van der Waals surface area contributed by atoms with Crippen LogP contribution >= 0.6 is 0 Å². The number of nitrogens with zero attached hydrogens (tertiary/aromatic N) is 2. The first-order valence-corrected chi connectivity index (χ1v) is 7.07. The van der Waals surface area contributed by atoms with Crippen molar-refractivity contribution in [1.29, 1.82) is 0 Å². The highest BCUT2D eigenvalue weighted by molar-refractivity contribution is 6.06. The molecule has 0 radical (unpaired) electrons. The third-order valence-corrected chi connectivity index (χ3v) is 3.97. The SMILES string of the molecule is CN(C)C(=O)C1CC(=O)N(c2cccc3ccccc23)C1. The number of hydrogen-bond donors (Lipinski definition) is 0. The third kappa shape index (κ3) is 2.37. The van der Waals surface area contributed by atoms with Gasteiger partial charge in [0.15, 0.2) is 0 Å². The maximum absolute atomic E-state index is 12.3. The number of carbonyl (C=O) groups excluding carboxylic acids is 2. The summed E-state index contributed by atoms with van der Waals surface area (Å²) in [6.07, 6.45) is 0.292. The summed E-state index contributed by atoms with van der Waals surface area (Å²) in [7, 11) is 3.46. The molecule has 0 spiro atoms. The zero-order chi connectivity index (χ0) is 15.0. The minimum absolute atomic E-state index is 0.0195. The molecule has 108 valence electrons. The standard InChI is InChI=1S/C17H18N2O2/c1-18(2)17(21)13-10-16(20)19(11-13)15-9-5-7-12-6-3-4-8-14(12)15/h3-9,13H,10-11H2,1-2H3. The molecule has 1 unspecified atom stereocenters. The largest absolute Gasteiger partial charge is 0.349 e. The van der Waals surface area contributed by atoms with Gasteiger partial charge in [0.1, 0.15) is 0 Å². The first-order valence-electron chi connectivity index (χ1n) is 7.07. The van der Waals surface area contributed by atoms with E-state index in [1.165, 1.54) is 0 Å². The maximum Gasteiger partial charge on any atom is 0.227 e. The van der Waals surface area contributed by atoms with Crippen LogP contribution in [0.5, 0.6) is 0 Å². The van der Waals surface area contributed by atoms with Gasteiger partial charge in [0, 0.05) is 32.4 Å². The van der Waals surface area contributed by atoms with Crippen molar-refractivity contribution < 1.29 is 9.59 Å². The molecule has 3 rings (SSSR count). The van der Waals surface area contributed by atoms with Gasteiger partial charge in [0.25, 0.3) is 0 Å².